The molecule has 4 nitrogen and oxygen atoms in total. The summed E-state index contributed by atoms with van der Waals surface area (Å²) in [6, 6.07) is 2.14. The maximum atomic E-state index is 5.94. The van der Waals surface area contributed by atoms with Gasteiger partial charge in [-0.2, -0.15) is 10.2 Å². The van der Waals surface area contributed by atoms with Crippen LogP contribution in [0.25, 0.3) is 0 Å². The largest absolute Gasteiger partial charge is 0.270 e. The molecule has 18 heavy (non-hydrogen) atoms. The molecule has 0 aromatic carbocycles. The van der Waals surface area contributed by atoms with Crippen molar-refractivity contribution in [2.24, 2.45) is 7.05 Å². The Hall–Kier alpha value is -1.29. The third-order valence-corrected chi connectivity index (χ3v) is 3.63. The van der Waals surface area contributed by atoms with E-state index in [1.807, 2.05) is 23.3 Å². The predicted octanol–water partition coefficient (Wildman–Crippen LogP) is 2.58. The van der Waals surface area contributed by atoms with Crippen LogP contribution in [0.5, 0.6) is 0 Å². The Morgan fingerprint density at radius 1 is 1.28 bits per heavy atom. The molecule has 0 N–H and O–H groups in total. The molecule has 0 aliphatic rings. The number of aryl methyl sites for hydroxylation is 3. The van der Waals surface area contributed by atoms with E-state index >= 15 is 0 Å². The highest BCUT2D eigenvalue weighted by molar-refractivity contribution is 6.17. The first-order chi connectivity index (χ1) is 8.56. The lowest BCUT2D eigenvalue weighted by Crippen LogP contribution is -2.08. The van der Waals surface area contributed by atoms with Gasteiger partial charge in [-0.25, -0.2) is 0 Å². The van der Waals surface area contributed by atoms with E-state index in [9.17, 15) is 0 Å². The Labute approximate surface area is 113 Å². The molecule has 2 aromatic rings. The van der Waals surface area contributed by atoms with Gasteiger partial charge in [0.05, 0.1) is 29.5 Å². The number of rotatable bonds is 4. The van der Waals surface area contributed by atoms with Gasteiger partial charge in [0.1, 0.15) is 0 Å². The van der Waals surface area contributed by atoms with Crippen LogP contribution in [0.4, 0.5) is 0 Å². The molecular formula is C13H19ClN4. The quantitative estimate of drug-likeness (QED) is 0.798. The molecule has 0 bridgehead atoms. The van der Waals surface area contributed by atoms with Crippen LogP contribution in [0.2, 0.25) is 0 Å². The van der Waals surface area contributed by atoms with Crippen molar-refractivity contribution in [3.63, 3.8) is 0 Å². The summed E-state index contributed by atoms with van der Waals surface area (Å²) in [5, 5.41) is 9.00. The first-order valence-electron chi connectivity index (χ1n) is 6.17. The molecule has 5 heteroatoms. The highest BCUT2D eigenvalue weighted by Crippen LogP contribution is 2.17. The lowest BCUT2D eigenvalue weighted by atomic mass is 10.2. The number of halogens is 1. The monoisotopic (exact) mass is 266 g/mol. The summed E-state index contributed by atoms with van der Waals surface area (Å²) >= 11 is 5.94. The summed E-state index contributed by atoms with van der Waals surface area (Å²) in [6.45, 7) is 6.92. The highest BCUT2D eigenvalue weighted by Gasteiger charge is 2.12. The van der Waals surface area contributed by atoms with Crippen molar-refractivity contribution >= 4 is 11.6 Å². The zero-order valence-electron chi connectivity index (χ0n) is 11.4. The van der Waals surface area contributed by atoms with Gasteiger partial charge in [-0.05, 0) is 26.3 Å². The SMILES string of the molecule is CCc1cc(Cn2nc(C)c(CCl)c2C)n(C)n1. The van der Waals surface area contributed by atoms with Gasteiger partial charge >= 0.3 is 0 Å². The molecule has 0 fully saturated rings. The van der Waals surface area contributed by atoms with Crippen LogP contribution in [0, 0.1) is 13.8 Å². The fraction of sp³-hybridized carbons (Fsp3) is 0.538. The van der Waals surface area contributed by atoms with Crippen molar-refractivity contribution in [3.8, 4) is 0 Å². The molecule has 0 atom stereocenters. The standard InChI is InChI=1S/C13H19ClN4/c1-5-11-6-12(17(4)16-11)8-18-10(3)13(7-14)9(2)15-18/h6H,5,7-8H2,1-4H3. The Kier molecular flexibility index (Phi) is 3.76. The summed E-state index contributed by atoms with van der Waals surface area (Å²) in [7, 11) is 1.97. The summed E-state index contributed by atoms with van der Waals surface area (Å²) in [5.41, 5.74) is 5.57. The van der Waals surface area contributed by atoms with E-state index in [2.05, 4.69) is 30.1 Å². The Balaban J connectivity index is 2.31. The van der Waals surface area contributed by atoms with Gasteiger partial charge in [0.2, 0.25) is 0 Å². The normalized spacial score (nSPS) is 11.2. The van der Waals surface area contributed by atoms with E-state index in [4.69, 9.17) is 11.6 Å². The topological polar surface area (TPSA) is 35.6 Å². The minimum atomic E-state index is 0.517. The van der Waals surface area contributed by atoms with E-state index in [1.165, 1.54) is 5.69 Å². The molecule has 0 aliphatic heterocycles. The molecule has 2 aromatic heterocycles. The molecule has 2 heterocycles. The average molecular weight is 267 g/mol. The van der Waals surface area contributed by atoms with E-state index in [-0.39, 0.29) is 0 Å². The van der Waals surface area contributed by atoms with E-state index in [0.717, 1.165) is 35.6 Å². The van der Waals surface area contributed by atoms with Crippen LogP contribution in [-0.4, -0.2) is 19.6 Å². The Morgan fingerprint density at radius 3 is 2.50 bits per heavy atom. The van der Waals surface area contributed by atoms with Gasteiger partial charge in [-0.3, -0.25) is 9.36 Å². The molecule has 0 spiro atoms. The smallest absolute Gasteiger partial charge is 0.0831 e. The molecule has 0 radical (unpaired) electrons. The van der Waals surface area contributed by atoms with Crippen LogP contribution >= 0.6 is 11.6 Å². The molecule has 0 aliphatic carbocycles. The van der Waals surface area contributed by atoms with Gasteiger partial charge in [0, 0.05) is 18.3 Å². The van der Waals surface area contributed by atoms with Gasteiger partial charge in [0.15, 0.2) is 0 Å². The van der Waals surface area contributed by atoms with E-state index in [1.54, 1.807) is 0 Å². The van der Waals surface area contributed by atoms with E-state index in [0.29, 0.717) is 5.88 Å². The van der Waals surface area contributed by atoms with E-state index < -0.39 is 0 Å². The van der Waals surface area contributed by atoms with Crippen molar-refractivity contribution in [2.45, 2.75) is 39.6 Å². The molecule has 0 unspecified atom stereocenters. The number of aromatic nitrogens is 4. The Bertz CT molecular complexity index is 554. The van der Waals surface area contributed by atoms with Crippen molar-refractivity contribution in [1.29, 1.82) is 0 Å². The number of hydrogen-bond acceptors (Lipinski definition) is 2. The predicted molar refractivity (Wildman–Crippen MR) is 72.9 cm³/mol. The molecule has 0 saturated carbocycles. The number of nitrogens with zero attached hydrogens (tertiary/aromatic N) is 4. The summed E-state index contributed by atoms with van der Waals surface area (Å²) in [5.74, 6) is 0.517. The minimum absolute atomic E-state index is 0.517. The van der Waals surface area contributed by atoms with Gasteiger partial charge in [-0.1, -0.05) is 6.92 Å². The first-order valence-corrected chi connectivity index (χ1v) is 6.70. The molecule has 98 valence electrons. The maximum absolute atomic E-state index is 5.94. The highest BCUT2D eigenvalue weighted by atomic mass is 35.5. The second-order valence-corrected chi connectivity index (χ2v) is 4.81. The fourth-order valence-electron chi connectivity index (χ4n) is 2.13. The molecular weight excluding hydrogens is 248 g/mol. The van der Waals surface area contributed by atoms with Gasteiger partial charge in [0.25, 0.3) is 0 Å². The minimum Gasteiger partial charge on any atom is -0.270 e. The maximum Gasteiger partial charge on any atom is 0.0831 e. The zero-order valence-corrected chi connectivity index (χ0v) is 12.1. The van der Waals surface area contributed by atoms with Crippen LogP contribution < -0.4 is 0 Å². The summed E-state index contributed by atoms with van der Waals surface area (Å²) in [4.78, 5) is 0. The molecule has 0 amide bonds. The third kappa shape index (κ3) is 2.29. The fourth-order valence-corrected chi connectivity index (χ4v) is 2.51. The van der Waals surface area contributed by atoms with Crippen molar-refractivity contribution in [3.05, 3.63) is 34.4 Å². The van der Waals surface area contributed by atoms with Crippen LogP contribution in [0.15, 0.2) is 6.07 Å². The third-order valence-electron chi connectivity index (χ3n) is 3.37. The zero-order chi connectivity index (χ0) is 13.3. The van der Waals surface area contributed by atoms with Gasteiger partial charge in [-0.15, -0.1) is 11.6 Å². The summed E-state index contributed by atoms with van der Waals surface area (Å²) < 4.78 is 3.93. The molecule has 0 saturated heterocycles. The van der Waals surface area contributed by atoms with Crippen molar-refractivity contribution in [2.75, 3.05) is 0 Å². The summed E-state index contributed by atoms with van der Waals surface area (Å²) in [6.07, 6.45) is 0.956. The second-order valence-electron chi connectivity index (χ2n) is 4.54. The number of hydrogen-bond donors (Lipinski definition) is 0. The molecule has 2 rings (SSSR count). The van der Waals surface area contributed by atoms with Crippen LogP contribution in [-0.2, 0) is 25.9 Å². The van der Waals surface area contributed by atoms with Crippen LogP contribution in [0.3, 0.4) is 0 Å². The lowest BCUT2D eigenvalue weighted by molar-refractivity contribution is 0.602. The average Bonchev–Trinajstić information content (AvgIpc) is 2.82. The lowest BCUT2D eigenvalue weighted by Gasteiger charge is -2.05. The number of alkyl halides is 1. The van der Waals surface area contributed by atoms with Crippen molar-refractivity contribution in [1.82, 2.24) is 19.6 Å². The first kappa shape index (κ1) is 13.1. The Morgan fingerprint density at radius 2 is 2.00 bits per heavy atom. The van der Waals surface area contributed by atoms with Gasteiger partial charge < -0.3 is 0 Å². The van der Waals surface area contributed by atoms with Crippen molar-refractivity contribution < 1.29 is 0 Å². The second kappa shape index (κ2) is 5.14. The van der Waals surface area contributed by atoms with Crippen LogP contribution in [0.1, 0.15) is 35.3 Å².